The maximum atomic E-state index is 6.17. The second kappa shape index (κ2) is 10.7. The highest BCUT2D eigenvalue weighted by Crippen LogP contribution is 2.21. The Labute approximate surface area is 198 Å². The number of aromatic nitrogens is 3. The molecule has 1 aromatic heterocycles. The predicted octanol–water partition coefficient (Wildman–Crippen LogP) is 5.12. The molecule has 4 aromatic rings. The molecule has 0 aliphatic heterocycles. The molecule has 3 aromatic carbocycles. The van der Waals surface area contributed by atoms with Crippen LogP contribution in [0.3, 0.4) is 0 Å². The number of nitrogens with one attached hydrogen (secondary N) is 2. The maximum absolute atomic E-state index is 6.17. The SMILES string of the molecule is CN(C)Nc1ccc(/C=N/Nc2nnc(-c3ccccc3)nc2Cc2cccc(Cl)c2)cc1. The second-order valence-electron chi connectivity index (χ2n) is 7.60. The summed E-state index contributed by atoms with van der Waals surface area (Å²) in [5.41, 5.74) is 10.8. The Balaban J connectivity index is 1.56. The van der Waals surface area contributed by atoms with E-state index in [2.05, 4.69) is 26.2 Å². The first-order chi connectivity index (χ1) is 16.1. The minimum atomic E-state index is 0.497. The molecule has 8 heteroatoms. The second-order valence-corrected chi connectivity index (χ2v) is 8.04. The number of rotatable bonds is 8. The van der Waals surface area contributed by atoms with Gasteiger partial charge in [0.05, 0.1) is 11.9 Å². The minimum Gasteiger partial charge on any atom is -0.319 e. The highest BCUT2D eigenvalue weighted by Gasteiger charge is 2.11. The van der Waals surface area contributed by atoms with Gasteiger partial charge >= 0.3 is 0 Å². The molecule has 0 unspecified atom stereocenters. The third-order valence-electron chi connectivity index (χ3n) is 4.70. The molecular formula is C25H24ClN7. The van der Waals surface area contributed by atoms with Gasteiger partial charge in [0.2, 0.25) is 0 Å². The van der Waals surface area contributed by atoms with E-state index >= 15 is 0 Å². The fourth-order valence-corrected chi connectivity index (χ4v) is 3.40. The standard InChI is InChI=1S/C25H24ClN7/c1-33(2)32-22-13-11-18(12-14-22)17-27-29-25-23(16-19-7-6-10-21(26)15-19)28-24(30-31-25)20-8-4-3-5-9-20/h3-15,17,32H,16H2,1-2H3,(H,29,31)/b27-17+. The normalized spacial score (nSPS) is 11.2. The van der Waals surface area contributed by atoms with Crippen LogP contribution in [-0.2, 0) is 6.42 Å². The van der Waals surface area contributed by atoms with E-state index < -0.39 is 0 Å². The molecule has 0 saturated carbocycles. The van der Waals surface area contributed by atoms with Gasteiger partial charge < -0.3 is 5.43 Å². The van der Waals surface area contributed by atoms with Crippen molar-refractivity contribution in [3.05, 3.63) is 101 Å². The Morgan fingerprint density at radius 1 is 0.939 bits per heavy atom. The molecule has 33 heavy (non-hydrogen) atoms. The van der Waals surface area contributed by atoms with Crippen molar-refractivity contribution >= 4 is 29.3 Å². The molecule has 0 aliphatic carbocycles. The number of benzene rings is 3. The third-order valence-corrected chi connectivity index (χ3v) is 4.93. The van der Waals surface area contributed by atoms with Crippen LogP contribution in [0.2, 0.25) is 5.02 Å². The average molecular weight is 458 g/mol. The number of hydrogen-bond acceptors (Lipinski definition) is 7. The Hall–Kier alpha value is -3.81. The monoisotopic (exact) mass is 457 g/mol. The van der Waals surface area contributed by atoms with E-state index in [1.54, 1.807) is 6.21 Å². The lowest BCUT2D eigenvalue weighted by atomic mass is 10.1. The quantitative estimate of drug-likeness (QED) is 0.282. The van der Waals surface area contributed by atoms with Gasteiger partial charge in [-0.3, -0.25) is 5.43 Å². The van der Waals surface area contributed by atoms with E-state index in [1.165, 1.54) is 0 Å². The fourth-order valence-electron chi connectivity index (χ4n) is 3.19. The summed E-state index contributed by atoms with van der Waals surface area (Å²) in [4.78, 5) is 4.77. The van der Waals surface area contributed by atoms with Gasteiger partial charge in [0, 0.05) is 36.8 Å². The molecule has 4 rings (SSSR count). The molecule has 0 spiro atoms. The van der Waals surface area contributed by atoms with Gasteiger partial charge in [-0.2, -0.15) is 5.10 Å². The average Bonchev–Trinajstić information content (AvgIpc) is 2.81. The van der Waals surface area contributed by atoms with Crippen LogP contribution in [0.25, 0.3) is 11.4 Å². The molecule has 0 bridgehead atoms. The summed E-state index contributed by atoms with van der Waals surface area (Å²) in [6.07, 6.45) is 2.27. The van der Waals surface area contributed by atoms with Crippen molar-refractivity contribution in [1.82, 2.24) is 20.2 Å². The van der Waals surface area contributed by atoms with Crippen molar-refractivity contribution in [3.63, 3.8) is 0 Å². The molecular weight excluding hydrogens is 434 g/mol. The highest BCUT2D eigenvalue weighted by molar-refractivity contribution is 6.30. The van der Waals surface area contributed by atoms with E-state index in [4.69, 9.17) is 16.6 Å². The van der Waals surface area contributed by atoms with E-state index in [1.807, 2.05) is 98.0 Å². The van der Waals surface area contributed by atoms with Crippen molar-refractivity contribution in [2.24, 2.45) is 5.10 Å². The summed E-state index contributed by atoms with van der Waals surface area (Å²) in [6.45, 7) is 0. The van der Waals surface area contributed by atoms with E-state index in [0.717, 1.165) is 28.1 Å². The lowest BCUT2D eigenvalue weighted by Crippen LogP contribution is -2.19. The number of hydrazone groups is 1. The van der Waals surface area contributed by atoms with Crippen LogP contribution in [-0.4, -0.2) is 40.5 Å². The first kappa shape index (κ1) is 22.4. The highest BCUT2D eigenvalue weighted by atomic mass is 35.5. The summed E-state index contributed by atoms with van der Waals surface area (Å²) < 4.78 is 0. The van der Waals surface area contributed by atoms with E-state index in [-0.39, 0.29) is 0 Å². The van der Waals surface area contributed by atoms with Crippen molar-refractivity contribution < 1.29 is 0 Å². The largest absolute Gasteiger partial charge is 0.319 e. The number of nitrogens with zero attached hydrogens (tertiary/aromatic N) is 5. The third kappa shape index (κ3) is 6.35. The first-order valence-electron chi connectivity index (χ1n) is 10.4. The van der Waals surface area contributed by atoms with Gasteiger partial charge in [-0.25, -0.2) is 9.99 Å². The van der Waals surface area contributed by atoms with Crippen LogP contribution in [0.15, 0.2) is 84.0 Å². The molecule has 1 heterocycles. The molecule has 2 N–H and O–H groups in total. The summed E-state index contributed by atoms with van der Waals surface area (Å²) >= 11 is 6.17. The summed E-state index contributed by atoms with van der Waals surface area (Å²) in [6, 6.07) is 25.4. The molecule has 0 amide bonds. The van der Waals surface area contributed by atoms with Gasteiger partial charge in [0.1, 0.15) is 0 Å². The van der Waals surface area contributed by atoms with E-state index in [9.17, 15) is 0 Å². The molecule has 0 saturated heterocycles. The summed E-state index contributed by atoms with van der Waals surface area (Å²) in [5, 5.41) is 15.6. The summed E-state index contributed by atoms with van der Waals surface area (Å²) in [7, 11) is 3.89. The molecule has 0 aliphatic rings. The van der Waals surface area contributed by atoms with Crippen LogP contribution in [0.5, 0.6) is 0 Å². The van der Waals surface area contributed by atoms with Crippen molar-refractivity contribution in [3.8, 4) is 11.4 Å². The molecule has 7 nitrogen and oxygen atoms in total. The smallest absolute Gasteiger partial charge is 0.191 e. The van der Waals surface area contributed by atoms with Gasteiger partial charge in [0.15, 0.2) is 11.6 Å². The van der Waals surface area contributed by atoms with Gasteiger partial charge in [-0.05, 0) is 35.4 Å². The lowest BCUT2D eigenvalue weighted by Gasteiger charge is -2.13. The zero-order valence-corrected chi connectivity index (χ0v) is 19.2. The van der Waals surface area contributed by atoms with E-state index in [0.29, 0.717) is 23.1 Å². The summed E-state index contributed by atoms with van der Waals surface area (Å²) in [5.74, 6) is 1.06. The number of hydrazine groups is 1. The molecule has 0 atom stereocenters. The number of anilines is 2. The van der Waals surface area contributed by atoms with Gasteiger partial charge in [0.25, 0.3) is 0 Å². The van der Waals surface area contributed by atoms with Crippen molar-refractivity contribution in [2.75, 3.05) is 24.9 Å². The Morgan fingerprint density at radius 3 is 2.45 bits per heavy atom. The van der Waals surface area contributed by atoms with Crippen LogP contribution in [0, 0.1) is 0 Å². The van der Waals surface area contributed by atoms with Crippen molar-refractivity contribution in [1.29, 1.82) is 0 Å². The Bertz CT molecular complexity index is 1230. The topological polar surface area (TPSA) is 78.3 Å². The van der Waals surface area contributed by atoms with Gasteiger partial charge in [-0.1, -0.05) is 66.2 Å². The number of hydrogen-bond donors (Lipinski definition) is 2. The van der Waals surface area contributed by atoms with Crippen molar-refractivity contribution in [2.45, 2.75) is 6.42 Å². The molecule has 0 radical (unpaired) electrons. The molecule has 166 valence electrons. The van der Waals surface area contributed by atoms with Gasteiger partial charge in [-0.15, -0.1) is 10.2 Å². The Kier molecular flexibility index (Phi) is 7.24. The zero-order chi connectivity index (χ0) is 23.0. The minimum absolute atomic E-state index is 0.497. The molecule has 0 fully saturated rings. The maximum Gasteiger partial charge on any atom is 0.191 e. The Morgan fingerprint density at radius 2 is 1.73 bits per heavy atom. The zero-order valence-electron chi connectivity index (χ0n) is 18.4. The van der Waals surface area contributed by atoms with Crippen LogP contribution in [0.1, 0.15) is 16.8 Å². The first-order valence-corrected chi connectivity index (χ1v) is 10.8. The number of halogens is 1. The van der Waals surface area contributed by atoms with Crippen LogP contribution in [0.4, 0.5) is 11.5 Å². The predicted molar refractivity (Wildman–Crippen MR) is 134 cm³/mol. The fraction of sp³-hybridized carbons (Fsp3) is 0.120. The van der Waals surface area contributed by atoms with Crippen LogP contribution >= 0.6 is 11.6 Å². The van der Waals surface area contributed by atoms with Crippen LogP contribution < -0.4 is 10.9 Å². The lowest BCUT2D eigenvalue weighted by molar-refractivity contribution is 0.495.